The maximum atomic E-state index is 6.16. The number of hydrogen-bond donors (Lipinski definition) is 0. The van der Waals surface area contributed by atoms with Crippen LogP contribution in [-0.2, 0) is 16.8 Å². The molecule has 2 heteroatoms. The second-order valence-corrected chi connectivity index (χ2v) is 6.94. The van der Waals surface area contributed by atoms with Crippen LogP contribution in [0.15, 0.2) is 99.6 Å². The van der Waals surface area contributed by atoms with Crippen LogP contribution < -0.4 is 0 Å². The summed E-state index contributed by atoms with van der Waals surface area (Å²) in [4.78, 5) is 3.95. The lowest BCUT2D eigenvalue weighted by atomic mass is 10.2. The molecule has 0 bridgehead atoms. The number of rotatable bonds is 4. The summed E-state index contributed by atoms with van der Waals surface area (Å²) in [5.74, 6) is 0.541. The first kappa shape index (κ1) is 14.2. The maximum absolute atomic E-state index is 6.16. The summed E-state index contributed by atoms with van der Waals surface area (Å²) in [5.41, 5.74) is 1.20. The van der Waals surface area contributed by atoms with Gasteiger partial charge in [0, 0.05) is 5.56 Å². The van der Waals surface area contributed by atoms with E-state index >= 15 is 0 Å². The van der Waals surface area contributed by atoms with Crippen LogP contribution in [0.2, 0.25) is 0 Å². The number of halogens is 1. The van der Waals surface area contributed by atoms with E-state index in [1.807, 2.05) is 0 Å². The smallest absolute Gasteiger partial charge is 0.121 e. The lowest BCUT2D eigenvalue weighted by Crippen LogP contribution is -2.07. The molecule has 0 N–H and O–H groups in total. The quantitative estimate of drug-likeness (QED) is 0.439. The lowest BCUT2D eigenvalue weighted by Gasteiger charge is -2.10. The summed E-state index contributed by atoms with van der Waals surface area (Å²) in [6.07, 6.45) is 0. The Balaban J connectivity index is 2.17. The molecule has 0 heterocycles. The molecule has 3 aromatic rings. The first-order valence-electron chi connectivity index (χ1n) is 6.88. The summed E-state index contributed by atoms with van der Waals surface area (Å²) in [5, 5.41) is 0. The average Bonchev–Trinajstić information content (AvgIpc) is 2.58. The molecule has 0 atom stereocenters. The van der Waals surface area contributed by atoms with Gasteiger partial charge in [-0.2, -0.15) is 0 Å². The summed E-state index contributed by atoms with van der Waals surface area (Å²) in [6, 6.07) is 29.8. The van der Waals surface area contributed by atoms with E-state index in [1.165, 1.54) is 20.2 Å². The van der Waals surface area contributed by atoms with Crippen LogP contribution in [0.4, 0.5) is 0 Å². The minimum atomic E-state index is -0.111. The first-order chi connectivity index (χ1) is 10.4. The van der Waals surface area contributed by atoms with Crippen molar-refractivity contribution >= 4 is 22.5 Å². The van der Waals surface area contributed by atoms with Gasteiger partial charge in [0.15, 0.2) is 14.7 Å². The highest BCUT2D eigenvalue weighted by Gasteiger charge is 2.30. The van der Waals surface area contributed by atoms with Gasteiger partial charge in [-0.25, -0.2) is 0 Å². The van der Waals surface area contributed by atoms with Gasteiger partial charge in [-0.05, 0) is 30.3 Å². The Hall–Kier alpha value is -1.70. The van der Waals surface area contributed by atoms with Gasteiger partial charge >= 0.3 is 0 Å². The first-order valence-corrected chi connectivity index (χ1v) is 8.64. The minimum absolute atomic E-state index is 0.111. The third-order valence-corrected chi connectivity index (χ3v) is 5.91. The number of hydrogen-bond acceptors (Lipinski definition) is 0. The number of benzene rings is 3. The van der Waals surface area contributed by atoms with Gasteiger partial charge in [0.25, 0.3) is 0 Å². The van der Waals surface area contributed by atoms with Crippen LogP contribution in [0, 0.1) is 0 Å². The summed E-state index contributed by atoms with van der Waals surface area (Å²) in [6.45, 7) is 0. The Bertz CT molecular complexity index is 656. The van der Waals surface area contributed by atoms with Crippen molar-refractivity contribution in [2.45, 2.75) is 20.6 Å². The van der Waals surface area contributed by atoms with Crippen molar-refractivity contribution < 1.29 is 0 Å². The van der Waals surface area contributed by atoms with Gasteiger partial charge < -0.3 is 0 Å². The summed E-state index contributed by atoms with van der Waals surface area (Å²) >= 11 is 6.16. The molecule has 3 aromatic carbocycles. The molecule has 0 aliphatic heterocycles. The zero-order chi connectivity index (χ0) is 14.5. The van der Waals surface area contributed by atoms with Gasteiger partial charge in [-0.15, -0.1) is 11.6 Å². The highest BCUT2D eigenvalue weighted by atomic mass is 35.5. The Labute approximate surface area is 133 Å². The summed E-state index contributed by atoms with van der Waals surface area (Å²) in [7, 11) is -0.111. The fourth-order valence-electron chi connectivity index (χ4n) is 2.32. The van der Waals surface area contributed by atoms with Crippen LogP contribution in [0.1, 0.15) is 5.56 Å². The van der Waals surface area contributed by atoms with Crippen molar-refractivity contribution in [3.8, 4) is 0 Å². The van der Waals surface area contributed by atoms with Crippen molar-refractivity contribution in [3.63, 3.8) is 0 Å². The molecule has 0 aliphatic carbocycles. The van der Waals surface area contributed by atoms with Crippen LogP contribution >= 0.6 is 11.6 Å². The third kappa shape index (κ3) is 3.15. The molecule has 0 nitrogen and oxygen atoms in total. The van der Waals surface area contributed by atoms with E-state index in [0.29, 0.717) is 5.88 Å². The monoisotopic (exact) mass is 311 g/mol. The molecule has 3 rings (SSSR count). The highest BCUT2D eigenvalue weighted by molar-refractivity contribution is 7.97. The SMILES string of the molecule is ClCc1ccccc1[S+](c1ccccc1)c1ccccc1. The van der Waals surface area contributed by atoms with Crippen molar-refractivity contribution in [2.24, 2.45) is 0 Å². The fourth-order valence-corrected chi connectivity index (χ4v) is 4.88. The molecule has 0 spiro atoms. The van der Waals surface area contributed by atoms with Crippen molar-refractivity contribution in [1.29, 1.82) is 0 Å². The van der Waals surface area contributed by atoms with E-state index < -0.39 is 0 Å². The molecule has 0 aliphatic rings. The van der Waals surface area contributed by atoms with Gasteiger partial charge in [0.2, 0.25) is 0 Å². The Kier molecular flexibility index (Phi) is 4.64. The maximum Gasteiger partial charge on any atom is 0.170 e. The van der Waals surface area contributed by atoms with Crippen LogP contribution in [0.25, 0.3) is 0 Å². The molecule has 21 heavy (non-hydrogen) atoms. The normalized spacial score (nSPS) is 10.8. The van der Waals surface area contributed by atoms with Crippen molar-refractivity contribution in [2.75, 3.05) is 0 Å². The molecular weight excluding hydrogens is 296 g/mol. The van der Waals surface area contributed by atoms with E-state index in [2.05, 4.69) is 84.9 Å². The van der Waals surface area contributed by atoms with E-state index in [9.17, 15) is 0 Å². The third-order valence-electron chi connectivity index (χ3n) is 3.29. The molecule has 104 valence electrons. The van der Waals surface area contributed by atoms with Crippen LogP contribution in [0.3, 0.4) is 0 Å². The van der Waals surface area contributed by atoms with Gasteiger partial charge in [0.05, 0.1) is 16.8 Å². The van der Waals surface area contributed by atoms with E-state index in [4.69, 9.17) is 11.6 Å². The summed E-state index contributed by atoms with van der Waals surface area (Å²) < 4.78 is 0. The minimum Gasteiger partial charge on any atom is -0.121 e. The van der Waals surface area contributed by atoms with Crippen molar-refractivity contribution in [1.82, 2.24) is 0 Å². The second-order valence-electron chi connectivity index (χ2n) is 4.67. The predicted octanol–water partition coefficient (Wildman–Crippen LogP) is 5.52. The van der Waals surface area contributed by atoms with Crippen molar-refractivity contribution in [3.05, 3.63) is 90.5 Å². The lowest BCUT2D eigenvalue weighted by molar-refractivity contribution is 1.22. The highest BCUT2D eigenvalue weighted by Crippen LogP contribution is 2.33. The molecule has 0 fully saturated rings. The molecule has 0 aromatic heterocycles. The van der Waals surface area contributed by atoms with Gasteiger partial charge in [-0.1, -0.05) is 54.6 Å². The van der Waals surface area contributed by atoms with E-state index in [-0.39, 0.29) is 10.9 Å². The van der Waals surface area contributed by atoms with Crippen LogP contribution in [0.5, 0.6) is 0 Å². The molecule has 0 radical (unpaired) electrons. The Morgan fingerprint density at radius 2 is 1.10 bits per heavy atom. The molecule has 0 amide bonds. The molecular formula is C19H16ClS+. The molecule has 0 saturated heterocycles. The number of alkyl halides is 1. The van der Waals surface area contributed by atoms with Gasteiger partial charge in [-0.3, -0.25) is 0 Å². The second kappa shape index (κ2) is 6.84. The molecule has 0 unspecified atom stereocenters. The topological polar surface area (TPSA) is 0 Å². The average molecular weight is 312 g/mol. The zero-order valence-electron chi connectivity index (χ0n) is 11.6. The Morgan fingerprint density at radius 1 is 0.619 bits per heavy atom. The van der Waals surface area contributed by atoms with Crippen LogP contribution in [-0.4, -0.2) is 0 Å². The fraction of sp³-hybridized carbons (Fsp3) is 0.0526. The largest absolute Gasteiger partial charge is 0.170 e. The van der Waals surface area contributed by atoms with E-state index in [1.54, 1.807) is 0 Å². The standard InChI is InChI=1S/C19H16ClS/c20-15-16-9-7-8-14-19(16)21(17-10-3-1-4-11-17)18-12-5-2-6-13-18/h1-14H,15H2/q+1. The van der Waals surface area contributed by atoms with E-state index in [0.717, 1.165) is 0 Å². The van der Waals surface area contributed by atoms with Gasteiger partial charge in [0.1, 0.15) is 0 Å². The Morgan fingerprint density at radius 3 is 1.62 bits per heavy atom. The molecule has 0 saturated carbocycles. The zero-order valence-corrected chi connectivity index (χ0v) is 13.1. The predicted molar refractivity (Wildman–Crippen MR) is 91.0 cm³/mol.